The third-order valence-corrected chi connectivity index (χ3v) is 1.76. The van der Waals surface area contributed by atoms with Crippen LogP contribution in [0, 0.1) is 6.07 Å². The normalized spacial score (nSPS) is 10.8. The van der Waals surface area contributed by atoms with Crippen molar-refractivity contribution in [1.29, 1.82) is 0 Å². The molecule has 0 saturated heterocycles. The maximum absolute atomic E-state index is 3.21. The van der Waals surface area contributed by atoms with Crippen molar-refractivity contribution in [2.75, 3.05) is 0 Å². The third kappa shape index (κ3) is 3.38. The Kier molecular flexibility index (Phi) is 4.22. The number of aryl methyl sites for hydroxylation is 1. The van der Waals surface area contributed by atoms with Crippen molar-refractivity contribution in [2.24, 2.45) is 0 Å². The Morgan fingerprint density at radius 2 is 2.25 bits per heavy atom. The van der Waals surface area contributed by atoms with Gasteiger partial charge >= 0.3 is 0 Å². The molecule has 0 atom stereocenters. The van der Waals surface area contributed by atoms with Gasteiger partial charge in [0.25, 0.3) is 0 Å². The molecule has 0 aliphatic carbocycles. The highest BCUT2D eigenvalue weighted by molar-refractivity contribution is 5.13. The third-order valence-electron chi connectivity index (χ3n) is 1.76. The molecule has 0 heteroatoms. The van der Waals surface area contributed by atoms with E-state index in [2.05, 4.69) is 37.3 Å². The van der Waals surface area contributed by atoms with Crippen LogP contribution in [-0.2, 0) is 6.42 Å². The molecule has 0 N–H and O–H groups in total. The molecule has 0 aliphatic rings. The molecule has 1 aromatic rings. The van der Waals surface area contributed by atoms with Crippen LogP contribution in [0.4, 0.5) is 0 Å². The second-order valence-electron chi connectivity index (χ2n) is 2.81. The summed E-state index contributed by atoms with van der Waals surface area (Å²) in [5.41, 5.74) is 1.30. The highest BCUT2D eigenvalue weighted by atomic mass is 13.9. The molecule has 0 bridgehead atoms. The van der Waals surface area contributed by atoms with E-state index in [0.29, 0.717) is 0 Å². The lowest BCUT2D eigenvalue weighted by molar-refractivity contribution is 0.990. The van der Waals surface area contributed by atoms with E-state index in [4.69, 9.17) is 0 Å². The lowest BCUT2D eigenvalue weighted by atomic mass is 10.1. The SMILES string of the molecule is CCC=CCCc1[c]cccc1. The Balaban J connectivity index is 2.29. The van der Waals surface area contributed by atoms with Gasteiger partial charge in [0.2, 0.25) is 0 Å². The maximum atomic E-state index is 3.21. The largest absolute Gasteiger partial charge is 0.0888 e. The fourth-order valence-electron chi connectivity index (χ4n) is 1.11. The lowest BCUT2D eigenvalue weighted by Crippen LogP contribution is -1.81. The van der Waals surface area contributed by atoms with E-state index < -0.39 is 0 Å². The smallest absolute Gasteiger partial charge is 0.0149 e. The maximum Gasteiger partial charge on any atom is -0.0149 e. The summed E-state index contributed by atoms with van der Waals surface area (Å²) in [6, 6.07) is 11.4. The molecule has 0 nitrogen and oxygen atoms in total. The van der Waals surface area contributed by atoms with Crippen LogP contribution in [0.5, 0.6) is 0 Å². The van der Waals surface area contributed by atoms with Gasteiger partial charge in [-0.2, -0.15) is 0 Å². The summed E-state index contributed by atoms with van der Waals surface area (Å²) in [4.78, 5) is 0. The minimum atomic E-state index is 1.11. The van der Waals surface area contributed by atoms with Gasteiger partial charge < -0.3 is 0 Å². The first-order valence-corrected chi connectivity index (χ1v) is 4.54. The Bertz CT molecular complexity index is 221. The Hall–Kier alpha value is -1.04. The summed E-state index contributed by atoms with van der Waals surface area (Å²) in [6.45, 7) is 2.16. The molecule has 0 amide bonds. The number of benzene rings is 1. The first-order valence-electron chi connectivity index (χ1n) is 4.54. The molecule has 1 rings (SSSR count). The number of allylic oxidation sites excluding steroid dienone is 2. The van der Waals surface area contributed by atoms with Gasteiger partial charge in [0.05, 0.1) is 0 Å². The molecule has 0 fully saturated rings. The van der Waals surface area contributed by atoms with Crippen molar-refractivity contribution >= 4 is 0 Å². The van der Waals surface area contributed by atoms with Gasteiger partial charge in [-0.05, 0) is 30.9 Å². The van der Waals surface area contributed by atoms with Crippen LogP contribution in [0.25, 0.3) is 0 Å². The van der Waals surface area contributed by atoms with E-state index in [1.165, 1.54) is 5.56 Å². The van der Waals surface area contributed by atoms with Gasteiger partial charge in [-0.3, -0.25) is 0 Å². The highest BCUT2D eigenvalue weighted by Crippen LogP contribution is 2.01. The minimum absolute atomic E-state index is 1.11. The Labute approximate surface area is 74.9 Å². The van der Waals surface area contributed by atoms with E-state index in [-0.39, 0.29) is 0 Å². The molecule has 0 aromatic heterocycles. The zero-order valence-corrected chi connectivity index (χ0v) is 7.59. The van der Waals surface area contributed by atoms with Gasteiger partial charge in [0, 0.05) is 0 Å². The summed E-state index contributed by atoms with van der Waals surface area (Å²) < 4.78 is 0. The quantitative estimate of drug-likeness (QED) is 0.591. The van der Waals surface area contributed by atoms with Crippen molar-refractivity contribution in [2.45, 2.75) is 26.2 Å². The van der Waals surface area contributed by atoms with Crippen molar-refractivity contribution in [3.8, 4) is 0 Å². The summed E-state index contributed by atoms with van der Waals surface area (Å²) in [6.07, 6.45) is 7.83. The predicted octanol–water partition coefficient (Wildman–Crippen LogP) is 3.39. The molecule has 0 aliphatic heterocycles. The molecular formula is C12H15. The molecule has 0 saturated carbocycles. The second-order valence-corrected chi connectivity index (χ2v) is 2.81. The monoisotopic (exact) mass is 159 g/mol. The van der Waals surface area contributed by atoms with E-state index in [1.54, 1.807) is 0 Å². The molecular weight excluding hydrogens is 144 g/mol. The average Bonchev–Trinajstić information content (AvgIpc) is 2.14. The highest BCUT2D eigenvalue weighted by Gasteiger charge is 1.87. The zero-order chi connectivity index (χ0) is 8.65. The average molecular weight is 159 g/mol. The summed E-state index contributed by atoms with van der Waals surface area (Å²) in [5.74, 6) is 0. The molecule has 12 heavy (non-hydrogen) atoms. The first-order chi connectivity index (χ1) is 5.93. The standard InChI is InChI=1S/C12H15/c1-2-3-4-6-9-12-10-7-5-8-11-12/h3-5,7-8,10H,2,6,9H2,1H3. The summed E-state index contributed by atoms with van der Waals surface area (Å²) >= 11 is 0. The van der Waals surface area contributed by atoms with Gasteiger partial charge in [-0.15, -0.1) is 0 Å². The minimum Gasteiger partial charge on any atom is -0.0888 e. The first kappa shape index (κ1) is 9.05. The van der Waals surface area contributed by atoms with Crippen LogP contribution in [0.3, 0.4) is 0 Å². The van der Waals surface area contributed by atoms with E-state index in [1.807, 2.05) is 12.1 Å². The van der Waals surface area contributed by atoms with E-state index >= 15 is 0 Å². The molecule has 0 heterocycles. The number of hydrogen-bond acceptors (Lipinski definition) is 0. The van der Waals surface area contributed by atoms with E-state index in [9.17, 15) is 0 Å². The van der Waals surface area contributed by atoms with Crippen LogP contribution < -0.4 is 0 Å². The molecule has 63 valence electrons. The van der Waals surface area contributed by atoms with Gasteiger partial charge in [0.1, 0.15) is 0 Å². The number of rotatable bonds is 4. The van der Waals surface area contributed by atoms with Crippen molar-refractivity contribution in [3.05, 3.63) is 48.0 Å². The topological polar surface area (TPSA) is 0 Å². The predicted molar refractivity (Wildman–Crippen MR) is 53.0 cm³/mol. The molecule has 0 spiro atoms. The second kappa shape index (κ2) is 5.59. The lowest BCUT2D eigenvalue weighted by Gasteiger charge is -1.94. The van der Waals surface area contributed by atoms with Crippen LogP contribution in [0.1, 0.15) is 25.3 Å². The summed E-state index contributed by atoms with van der Waals surface area (Å²) in [7, 11) is 0. The van der Waals surface area contributed by atoms with Crippen molar-refractivity contribution < 1.29 is 0 Å². The molecule has 1 radical (unpaired) electrons. The Morgan fingerprint density at radius 3 is 2.92 bits per heavy atom. The van der Waals surface area contributed by atoms with Crippen molar-refractivity contribution in [1.82, 2.24) is 0 Å². The Morgan fingerprint density at radius 1 is 1.33 bits per heavy atom. The van der Waals surface area contributed by atoms with Crippen LogP contribution in [-0.4, -0.2) is 0 Å². The molecule has 1 aromatic carbocycles. The fraction of sp³-hybridized carbons (Fsp3) is 0.333. The van der Waals surface area contributed by atoms with Crippen molar-refractivity contribution in [3.63, 3.8) is 0 Å². The van der Waals surface area contributed by atoms with Gasteiger partial charge in [-0.1, -0.05) is 43.3 Å². The van der Waals surface area contributed by atoms with Crippen LogP contribution in [0.2, 0.25) is 0 Å². The van der Waals surface area contributed by atoms with Crippen LogP contribution in [0.15, 0.2) is 36.4 Å². The zero-order valence-electron chi connectivity index (χ0n) is 7.59. The fourth-order valence-corrected chi connectivity index (χ4v) is 1.11. The van der Waals surface area contributed by atoms with Crippen LogP contribution >= 0.6 is 0 Å². The molecule has 0 unspecified atom stereocenters. The van der Waals surface area contributed by atoms with E-state index in [0.717, 1.165) is 19.3 Å². The van der Waals surface area contributed by atoms with Gasteiger partial charge in [0.15, 0.2) is 0 Å². The van der Waals surface area contributed by atoms with Gasteiger partial charge in [-0.25, -0.2) is 0 Å². The number of hydrogen-bond donors (Lipinski definition) is 0. The summed E-state index contributed by atoms with van der Waals surface area (Å²) in [5, 5.41) is 0.